The molecule has 4 nitrogen and oxygen atoms in total. The van der Waals surface area contributed by atoms with E-state index in [9.17, 15) is 18.0 Å². The van der Waals surface area contributed by atoms with Crippen LogP contribution < -0.4 is 5.32 Å². The van der Waals surface area contributed by atoms with E-state index in [0.29, 0.717) is 0 Å². The summed E-state index contributed by atoms with van der Waals surface area (Å²) in [4.78, 5) is 10.9. The maximum Gasteiger partial charge on any atom is 0.416 e. The number of aliphatic carboxylic acids is 1. The molecule has 0 bridgehead atoms. The van der Waals surface area contributed by atoms with Gasteiger partial charge in [0.1, 0.15) is 6.04 Å². The Hall–Kier alpha value is -1.60. The fourth-order valence-electron chi connectivity index (χ4n) is 2.29. The van der Waals surface area contributed by atoms with Crippen LogP contribution in [0.4, 0.5) is 13.2 Å². The molecule has 0 radical (unpaired) electrons. The summed E-state index contributed by atoms with van der Waals surface area (Å²) in [6.07, 6.45) is -6.00. The molecule has 0 spiro atoms. The standard InChI is InChI=1S/C13H14F3NO3/c1-7-11(12(18)19)17-6-10(20-7)8-4-2-3-5-9(8)13(14,15)16/h2-5,7,10-11,17H,6H2,1H3,(H,18,19). The fourth-order valence-corrected chi connectivity index (χ4v) is 2.29. The Balaban J connectivity index is 2.24. The molecule has 1 saturated heterocycles. The first kappa shape index (κ1) is 14.8. The molecule has 110 valence electrons. The van der Waals surface area contributed by atoms with Gasteiger partial charge in [0.25, 0.3) is 0 Å². The number of benzene rings is 1. The summed E-state index contributed by atoms with van der Waals surface area (Å²) in [5, 5.41) is 11.6. The highest BCUT2D eigenvalue weighted by atomic mass is 19.4. The molecule has 1 fully saturated rings. The first-order valence-corrected chi connectivity index (χ1v) is 6.08. The van der Waals surface area contributed by atoms with Gasteiger partial charge in [-0.3, -0.25) is 10.1 Å². The van der Waals surface area contributed by atoms with Gasteiger partial charge in [-0.1, -0.05) is 18.2 Å². The second-order valence-electron chi connectivity index (χ2n) is 4.64. The molecule has 0 aliphatic carbocycles. The van der Waals surface area contributed by atoms with Crippen molar-refractivity contribution in [2.75, 3.05) is 6.54 Å². The molecule has 1 aromatic carbocycles. The van der Waals surface area contributed by atoms with E-state index >= 15 is 0 Å². The molecular weight excluding hydrogens is 275 g/mol. The summed E-state index contributed by atoms with van der Waals surface area (Å²) in [7, 11) is 0. The van der Waals surface area contributed by atoms with E-state index in [-0.39, 0.29) is 12.1 Å². The Labute approximate surface area is 113 Å². The zero-order valence-electron chi connectivity index (χ0n) is 10.6. The lowest BCUT2D eigenvalue weighted by Crippen LogP contribution is -2.52. The van der Waals surface area contributed by atoms with Crippen molar-refractivity contribution in [2.45, 2.75) is 31.3 Å². The Morgan fingerprint density at radius 1 is 1.40 bits per heavy atom. The number of carboxylic acids is 1. The molecule has 2 rings (SSSR count). The van der Waals surface area contributed by atoms with Crippen molar-refractivity contribution >= 4 is 5.97 Å². The summed E-state index contributed by atoms with van der Waals surface area (Å²) < 4.78 is 44.2. The molecular formula is C13H14F3NO3. The van der Waals surface area contributed by atoms with Crippen molar-refractivity contribution in [3.05, 3.63) is 35.4 Å². The van der Waals surface area contributed by atoms with Crippen molar-refractivity contribution in [1.82, 2.24) is 5.32 Å². The Kier molecular flexibility index (Phi) is 4.01. The van der Waals surface area contributed by atoms with E-state index in [1.165, 1.54) is 25.1 Å². The average Bonchev–Trinajstić information content (AvgIpc) is 2.37. The summed E-state index contributed by atoms with van der Waals surface area (Å²) >= 11 is 0. The van der Waals surface area contributed by atoms with Crippen LogP contribution >= 0.6 is 0 Å². The van der Waals surface area contributed by atoms with E-state index in [1.807, 2.05) is 0 Å². The molecule has 1 aliphatic heterocycles. The third kappa shape index (κ3) is 2.94. The number of rotatable bonds is 2. The monoisotopic (exact) mass is 289 g/mol. The van der Waals surface area contributed by atoms with E-state index in [0.717, 1.165) is 6.07 Å². The first-order chi connectivity index (χ1) is 9.30. The number of hydrogen-bond acceptors (Lipinski definition) is 3. The van der Waals surface area contributed by atoms with Crippen LogP contribution in [0.1, 0.15) is 24.2 Å². The summed E-state index contributed by atoms with van der Waals surface area (Å²) in [5.41, 5.74) is -0.740. The number of morpholine rings is 1. The van der Waals surface area contributed by atoms with Crippen LogP contribution in [-0.4, -0.2) is 29.8 Å². The second-order valence-corrected chi connectivity index (χ2v) is 4.64. The number of carbonyl (C=O) groups is 1. The zero-order chi connectivity index (χ0) is 14.9. The van der Waals surface area contributed by atoms with Crippen molar-refractivity contribution in [3.63, 3.8) is 0 Å². The van der Waals surface area contributed by atoms with E-state index in [4.69, 9.17) is 9.84 Å². The van der Waals surface area contributed by atoms with Gasteiger partial charge in [0.05, 0.1) is 17.8 Å². The van der Waals surface area contributed by atoms with Crippen molar-refractivity contribution < 1.29 is 27.8 Å². The summed E-state index contributed by atoms with van der Waals surface area (Å²) in [6.45, 7) is 1.54. The molecule has 1 aromatic rings. The van der Waals surface area contributed by atoms with Crippen molar-refractivity contribution in [1.29, 1.82) is 0 Å². The number of alkyl halides is 3. The fraction of sp³-hybridized carbons (Fsp3) is 0.462. The molecule has 1 heterocycles. The number of halogens is 3. The molecule has 3 unspecified atom stereocenters. The van der Waals surface area contributed by atoms with Gasteiger partial charge in [-0.05, 0) is 18.6 Å². The number of nitrogens with one attached hydrogen (secondary N) is 1. The van der Waals surface area contributed by atoms with Crippen molar-refractivity contribution in [2.24, 2.45) is 0 Å². The third-order valence-corrected chi connectivity index (χ3v) is 3.25. The predicted molar refractivity (Wildman–Crippen MR) is 64.2 cm³/mol. The maximum atomic E-state index is 12.9. The highest BCUT2D eigenvalue weighted by molar-refractivity contribution is 5.74. The smallest absolute Gasteiger partial charge is 0.416 e. The lowest BCUT2D eigenvalue weighted by Gasteiger charge is -2.34. The zero-order valence-corrected chi connectivity index (χ0v) is 10.6. The minimum Gasteiger partial charge on any atom is -0.480 e. The van der Waals surface area contributed by atoms with E-state index in [1.54, 1.807) is 0 Å². The largest absolute Gasteiger partial charge is 0.480 e. The van der Waals surface area contributed by atoms with E-state index in [2.05, 4.69) is 5.32 Å². The van der Waals surface area contributed by atoms with Gasteiger partial charge < -0.3 is 9.84 Å². The topological polar surface area (TPSA) is 58.6 Å². The average molecular weight is 289 g/mol. The Morgan fingerprint density at radius 2 is 2.05 bits per heavy atom. The first-order valence-electron chi connectivity index (χ1n) is 6.08. The lowest BCUT2D eigenvalue weighted by atomic mass is 9.99. The van der Waals surface area contributed by atoms with Gasteiger partial charge in [-0.15, -0.1) is 0 Å². The highest BCUT2D eigenvalue weighted by Gasteiger charge is 2.39. The molecule has 3 atom stereocenters. The van der Waals surface area contributed by atoms with Gasteiger partial charge in [-0.25, -0.2) is 0 Å². The van der Waals surface area contributed by atoms with E-state index < -0.39 is 36.0 Å². The lowest BCUT2D eigenvalue weighted by molar-refractivity contribution is -0.152. The molecule has 0 amide bonds. The van der Waals surface area contributed by atoms with Crippen LogP contribution in [0.15, 0.2) is 24.3 Å². The van der Waals surface area contributed by atoms with Gasteiger partial charge in [0, 0.05) is 6.54 Å². The summed E-state index contributed by atoms with van der Waals surface area (Å²) in [6, 6.07) is 4.24. The van der Waals surface area contributed by atoms with Crippen LogP contribution in [-0.2, 0) is 15.7 Å². The van der Waals surface area contributed by atoms with Gasteiger partial charge in [0.15, 0.2) is 0 Å². The molecule has 2 N–H and O–H groups in total. The van der Waals surface area contributed by atoms with Crippen LogP contribution in [0, 0.1) is 0 Å². The number of hydrogen-bond donors (Lipinski definition) is 2. The quantitative estimate of drug-likeness (QED) is 0.876. The van der Waals surface area contributed by atoms with Crippen LogP contribution in [0.2, 0.25) is 0 Å². The third-order valence-electron chi connectivity index (χ3n) is 3.25. The maximum absolute atomic E-state index is 12.9. The van der Waals surface area contributed by atoms with Crippen LogP contribution in [0.5, 0.6) is 0 Å². The SMILES string of the molecule is CC1OC(c2ccccc2C(F)(F)F)CNC1C(=O)O. The van der Waals surface area contributed by atoms with Crippen molar-refractivity contribution in [3.8, 4) is 0 Å². The van der Waals surface area contributed by atoms with Gasteiger partial charge in [-0.2, -0.15) is 13.2 Å². The Morgan fingerprint density at radius 3 is 2.60 bits per heavy atom. The predicted octanol–water partition coefficient (Wildman–Crippen LogP) is 2.21. The van der Waals surface area contributed by atoms with Crippen LogP contribution in [0.25, 0.3) is 0 Å². The summed E-state index contributed by atoms with van der Waals surface area (Å²) in [5.74, 6) is -1.08. The molecule has 20 heavy (non-hydrogen) atoms. The second kappa shape index (κ2) is 5.41. The van der Waals surface area contributed by atoms with Crippen LogP contribution in [0.3, 0.4) is 0 Å². The van der Waals surface area contributed by atoms with Gasteiger partial charge in [0.2, 0.25) is 0 Å². The molecule has 0 saturated carbocycles. The number of carboxylic acid groups (broad SMARTS) is 1. The highest BCUT2D eigenvalue weighted by Crippen LogP contribution is 2.36. The Bertz CT molecular complexity index is 504. The normalized spacial score (nSPS) is 27.3. The van der Waals surface area contributed by atoms with Gasteiger partial charge >= 0.3 is 12.1 Å². The molecule has 0 aromatic heterocycles. The molecule has 1 aliphatic rings. The minimum absolute atomic E-state index is 0.0168. The minimum atomic E-state index is -4.47. The molecule has 7 heteroatoms. The number of ether oxygens (including phenoxy) is 1.